The molecule has 0 aliphatic rings. The van der Waals surface area contributed by atoms with E-state index in [-0.39, 0.29) is 0 Å². The van der Waals surface area contributed by atoms with Crippen LogP contribution >= 0.6 is 34.8 Å². The lowest BCUT2D eigenvalue weighted by Gasteiger charge is -2.10. The summed E-state index contributed by atoms with van der Waals surface area (Å²) in [6.45, 7) is 2.86. The zero-order chi connectivity index (χ0) is 18.8. The molecule has 0 rings (SSSR count). The number of rotatable bonds is 17. The van der Waals surface area contributed by atoms with Crippen LogP contribution in [0.25, 0.3) is 0 Å². The first-order chi connectivity index (χ1) is 12.0. The molecule has 0 radical (unpaired) electrons. The zero-order valence-corrected chi connectivity index (χ0v) is 18.3. The van der Waals surface area contributed by atoms with Crippen LogP contribution in [0.5, 0.6) is 0 Å². The molecule has 1 amide bonds. The van der Waals surface area contributed by atoms with Gasteiger partial charge in [-0.05, 0) is 6.42 Å². The number of carbonyl (C=O) groups is 1. The summed E-state index contributed by atoms with van der Waals surface area (Å²) in [4.78, 5) is 11.3. The van der Waals surface area contributed by atoms with E-state index in [1.807, 2.05) is 0 Å². The Morgan fingerprint density at radius 2 is 0.960 bits per heavy atom. The molecular formula is C20H38Cl3NO. The van der Waals surface area contributed by atoms with Crippen LogP contribution < -0.4 is 5.32 Å². The maximum absolute atomic E-state index is 11.3. The third kappa shape index (κ3) is 18.9. The highest BCUT2D eigenvalue weighted by atomic mass is 35.6. The molecule has 0 atom stereocenters. The number of hydrogen-bond donors (Lipinski definition) is 1. The van der Waals surface area contributed by atoms with Gasteiger partial charge in [0.25, 0.3) is 9.70 Å². The van der Waals surface area contributed by atoms with Gasteiger partial charge in [-0.25, -0.2) is 0 Å². The Morgan fingerprint density at radius 1 is 0.640 bits per heavy atom. The van der Waals surface area contributed by atoms with Gasteiger partial charge in [0, 0.05) is 6.54 Å². The number of unbranched alkanes of at least 4 members (excludes halogenated alkanes) is 15. The molecule has 0 saturated carbocycles. The Bertz CT molecular complexity index is 306. The molecule has 0 saturated heterocycles. The van der Waals surface area contributed by atoms with E-state index in [0.29, 0.717) is 6.54 Å². The topological polar surface area (TPSA) is 29.1 Å². The molecule has 0 aromatic rings. The van der Waals surface area contributed by atoms with Gasteiger partial charge in [0.1, 0.15) is 0 Å². The van der Waals surface area contributed by atoms with Crippen molar-refractivity contribution in [1.29, 1.82) is 0 Å². The van der Waals surface area contributed by atoms with Crippen molar-refractivity contribution < 1.29 is 4.79 Å². The molecule has 0 bridgehead atoms. The molecule has 0 spiro atoms. The Labute approximate surface area is 170 Å². The molecule has 0 unspecified atom stereocenters. The second-order valence-electron chi connectivity index (χ2n) is 7.06. The van der Waals surface area contributed by atoms with Gasteiger partial charge in [0.05, 0.1) is 0 Å². The number of alkyl halides is 3. The summed E-state index contributed by atoms with van der Waals surface area (Å²) in [5.74, 6) is -0.529. The third-order valence-corrected chi connectivity index (χ3v) is 5.09. The highest BCUT2D eigenvalue weighted by Gasteiger charge is 2.29. The van der Waals surface area contributed by atoms with Gasteiger partial charge in [0.2, 0.25) is 0 Å². The fraction of sp³-hybridized carbons (Fsp3) is 0.950. The van der Waals surface area contributed by atoms with Gasteiger partial charge >= 0.3 is 0 Å². The molecule has 2 nitrogen and oxygen atoms in total. The fourth-order valence-corrected chi connectivity index (χ4v) is 3.18. The average molecular weight is 415 g/mol. The van der Waals surface area contributed by atoms with E-state index >= 15 is 0 Å². The van der Waals surface area contributed by atoms with E-state index in [1.54, 1.807) is 0 Å². The van der Waals surface area contributed by atoms with Crippen LogP contribution in [0, 0.1) is 0 Å². The third-order valence-electron chi connectivity index (χ3n) is 4.57. The smallest absolute Gasteiger partial charge is 0.272 e. The minimum Gasteiger partial charge on any atom is -0.352 e. The quantitative estimate of drug-likeness (QED) is 0.191. The Balaban J connectivity index is 3.11. The average Bonchev–Trinajstić information content (AvgIpc) is 2.56. The lowest BCUT2D eigenvalue weighted by atomic mass is 10.0. The van der Waals surface area contributed by atoms with Crippen molar-refractivity contribution in [2.75, 3.05) is 6.54 Å². The Hall–Kier alpha value is 0.340. The van der Waals surface area contributed by atoms with Crippen molar-refractivity contribution in [2.24, 2.45) is 0 Å². The van der Waals surface area contributed by atoms with Crippen LogP contribution in [-0.4, -0.2) is 16.2 Å². The fourth-order valence-electron chi connectivity index (χ4n) is 2.98. The largest absolute Gasteiger partial charge is 0.352 e. The van der Waals surface area contributed by atoms with Crippen molar-refractivity contribution >= 4 is 40.7 Å². The lowest BCUT2D eigenvalue weighted by Crippen LogP contribution is -2.35. The normalized spacial score (nSPS) is 11.7. The molecule has 25 heavy (non-hydrogen) atoms. The summed E-state index contributed by atoms with van der Waals surface area (Å²) in [7, 11) is 0. The predicted molar refractivity (Wildman–Crippen MR) is 113 cm³/mol. The van der Waals surface area contributed by atoms with Crippen LogP contribution in [0.4, 0.5) is 0 Å². The van der Waals surface area contributed by atoms with E-state index in [0.717, 1.165) is 12.8 Å². The van der Waals surface area contributed by atoms with E-state index in [4.69, 9.17) is 34.8 Å². The van der Waals surface area contributed by atoms with E-state index in [2.05, 4.69) is 12.2 Å². The molecule has 150 valence electrons. The van der Waals surface area contributed by atoms with E-state index < -0.39 is 9.70 Å². The molecular weight excluding hydrogens is 377 g/mol. The van der Waals surface area contributed by atoms with Crippen LogP contribution in [0.2, 0.25) is 0 Å². The predicted octanol–water partition coefficient (Wildman–Crippen LogP) is 7.73. The minimum atomic E-state index is -1.84. The summed E-state index contributed by atoms with van der Waals surface area (Å²) >= 11 is 16.4. The summed E-state index contributed by atoms with van der Waals surface area (Å²) in [6.07, 6.45) is 21.4. The zero-order valence-electron chi connectivity index (χ0n) is 16.1. The monoisotopic (exact) mass is 413 g/mol. The summed E-state index contributed by atoms with van der Waals surface area (Å²) in [5.41, 5.74) is 0. The summed E-state index contributed by atoms with van der Waals surface area (Å²) < 4.78 is -1.84. The summed E-state index contributed by atoms with van der Waals surface area (Å²) in [6, 6.07) is 0. The van der Waals surface area contributed by atoms with Crippen molar-refractivity contribution in [3.8, 4) is 0 Å². The van der Waals surface area contributed by atoms with E-state index in [1.165, 1.54) is 89.9 Å². The molecule has 0 aromatic heterocycles. The molecule has 0 heterocycles. The van der Waals surface area contributed by atoms with Gasteiger partial charge in [-0.2, -0.15) is 0 Å². The van der Waals surface area contributed by atoms with Gasteiger partial charge in [0.15, 0.2) is 0 Å². The Kier molecular flexibility index (Phi) is 18.0. The van der Waals surface area contributed by atoms with Crippen molar-refractivity contribution in [2.45, 2.75) is 113 Å². The highest BCUT2D eigenvalue weighted by molar-refractivity contribution is 6.76. The number of hydrogen-bond acceptors (Lipinski definition) is 1. The van der Waals surface area contributed by atoms with Crippen molar-refractivity contribution in [1.82, 2.24) is 5.32 Å². The molecule has 0 fully saturated rings. The highest BCUT2D eigenvalue weighted by Crippen LogP contribution is 2.25. The van der Waals surface area contributed by atoms with Crippen molar-refractivity contribution in [3.63, 3.8) is 0 Å². The minimum absolute atomic E-state index is 0.529. The number of amides is 1. The molecule has 1 N–H and O–H groups in total. The maximum atomic E-state index is 11.3. The van der Waals surface area contributed by atoms with E-state index in [9.17, 15) is 4.79 Å². The molecule has 5 heteroatoms. The Morgan fingerprint density at radius 3 is 1.28 bits per heavy atom. The number of nitrogens with one attached hydrogen (secondary N) is 1. The van der Waals surface area contributed by atoms with Gasteiger partial charge in [-0.1, -0.05) is 138 Å². The van der Waals surface area contributed by atoms with Crippen LogP contribution in [-0.2, 0) is 4.79 Å². The van der Waals surface area contributed by atoms with Crippen LogP contribution in [0.15, 0.2) is 0 Å². The van der Waals surface area contributed by atoms with Crippen LogP contribution in [0.3, 0.4) is 0 Å². The molecule has 0 aliphatic heterocycles. The molecule has 0 aliphatic carbocycles. The van der Waals surface area contributed by atoms with Crippen molar-refractivity contribution in [3.05, 3.63) is 0 Å². The first kappa shape index (κ1) is 25.3. The number of halogens is 3. The van der Waals surface area contributed by atoms with Gasteiger partial charge in [-0.3, -0.25) is 4.79 Å². The second-order valence-corrected chi connectivity index (χ2v) is 9.34. The number of carbonyl (C=O) groups excluding carboxylic acids is 1. The standard InChI is InChI=1S/C20H38Cl3NO/c1-2-3-4-5-6-7-8-9-10-11-12-13-14-15-16-17-18-24-19(25)20(21,22)23/h2-18H2,1H3,(H,24,25). The van der Waals surface area contributed by atoms with Gasteiger partial charge in [-0.15, -0.1) is 0 Å². The molecule has 0 aromatic carbocycles. The van der Waals surface area contributed by atoms with Crippen LogP contribution in [0.1, 0.15) is 110 Å². The van der Waals surface area contributed by atoms with Gasteiger partial charge < -0.3 is 5.32 Å². The summed E-state index contributed by atoms with van der Waals surface area (Å²) in [5, 5.41) is 2.64. The first-order valence-electron chi connectivity index (χ1n) is 10.3. The lowest BCUT2D eigenvalue weighted by molar-refractivity contribution is -0.120. The second kappa shape index (κ2) is 17.7. The first-order valence-corrected chi connectivity index (χ1v) is 11.5. The maximum Gasteiger partial charge on any atom is 0.272 e. The SMILES string of the molecule is CCCCCCCCCCCCCCCCCCNC(=O)C(Cl)(Cl)Cl.